The first kappa shape index (κ1) is 9.58. The van der Waals surface area contributed by atoms with Crippen molar-refractivity contribution in [2.24, 2.45) is 17.3 Å². The Labute approximate surface area is 93.9 Å². The van der Waals surface area contributed by atoms with Gasteiger partial charge in [0.1, 0.15) is 0 Å². The molecule has 3 nitrogen and oxygen atoms in total. The van der Waals surface area contributed by atoms with Gasteiger partial charge in [-0.1, -0.05) is 37.3 Å². The van der Waals surface area contributed by atoms with E-state index in [4.69, 9.17) is 0 Å². The number of nitrogens with one attached hydrogen (secondary N) is 1. The second-order valence-corrected chi connectivity index (χ2v) is 4.77. The molecule has 2 fully saturated rings. The van der Waals surface area contributed by atoms with E-state index in [-0.39, 0.29) is 17.7 Å². The normalized spacial score (nSPS) is 40.2. The lowest BCUT2D eigenvalue weighted by atomic mass is 9.91. The number of amides is 2. The number of piperidine rings is 1. The maximum atomic E-state index is 11.8. The van der Waals surface area contributed by atoms with Crippen LogP contribution in [0.1, 0.15) is 13.3 Å². The van der Waals surface area contributed by atoms with Crippen LogP contribution in [0, 0.1) is 17.3 Å². The molecule has 16 heavy (non-hydrogen) atoms. The van der Waals surface area contributed by atoms with Crippen LogP contribution in [0.3, 0.4) is 0 Å². The molecule has 3 rings (SSSR count). The summed E-state index contributed by atoms with van der Waals surface area (Å²) in [6, 6.07) is 0. The highest BCUT2D eigenvalue weighted by molar-refractivity contribution is 6.13. The Morgan fingerprint density at radius 3 is 2.81 bits per heavy atom. The van der Waals surface area contributed by atoms with Crippen LogP contribution in [0.4, 0.5) is 0 Å². The summed E-state index contributed by atoms with van der Waals surface area (Å²) in [6.07, 6.45) is 10.7. The number of carbonyl (C=O) groups excluding carboxylic acids is 2. The van der Waals surface area contributed by atoms with Gasteiger partial charge in [-0.05, 0) is 17.9 Å². The third kappa shape index (κ3) is 1.08. The maximum absolute atomic E-state index is 11.8. The van der Waals surface area contributed by atoms with Gasteiger partial charge in [0.15, 0.2) is 0 Å². The van der Waals surface area contributed by atoms with Gasteiger partial charge in [-0.15, -0.1) is 0 Å². The zero-order valence-corrected chi connectivity index (χ0v) is 9.07. The Morgan fingerprint density at radius 1 is 1.38 bits per heavy atom. The first-order chi connectivity index (χ1) is 7.64. The van der Waals surface area contributed by atoms with Gasteiger partial charge in [0.05, 0.1) is 11.3 Å². The molecule has 0 aromatic rings. The fraction of sp³-hybridized carbons (Fsp3) is 0.385. The molecular weight excluding hydrogens is 202 g/mol. The Kier molecular flexibility index (Phi) is 1.76. The van der Waals surface area contributed by atoms with Crippen molar-refractivity contribution < 1.29 is 9.59 Å². The molecular formula is C13H13NO2. The lowest BCUT2D eigenvalue weighted by Crippen LogP contribution is -2.29. The van der Waals surface area contributed by atoms with Crippen LogP contribution < -0.4 is 5.32 Å². The van der Waals surface area contributed by atoms with E-state index in [0.29, 0.717) is 12.3 Å². The summed E-state index contributed by atoms with van der Waals surface area (Å²) < 4.78 is 0. The van der Waals surface area contributed by atoms with Crippen LogP contribution in [-0.4, -0.2) is 11.8 Å². The minimum atomic E-state index is -0.534. The third-order valence-corrected chi connectivity index (χ3v) is 3.68. The predicted molar refractivity (Wildman–Crippen MR) is 59.2 cm³/mol. The molecule has 0 bridgehead atoms. The number of carbonyl (C=O) groups is 2. The summed E-state index contributed by atoms with van der Waals surface area (Å²) in [4.78, 5) is 23.3. The number of hydrogen-bond acceptors (Lipinski definition) is 2. The fourth-order valence-corrected chi connectivity index (χ4v) is 2.68. The van der Waals surface area contributed by atoms with Crippen LogP contribution in [0.15, 0.2) is 36.0 Å². The molecule has 1 heterocycles. The lowest BCUT2D eigenvalue weighted by Gasteiger charge is -2.12. The van der Waals surface area contributed by atoms with Gasteiger partial charge in [-0.25, -0.2) is 0 Å². The van der Waals surface area contributed by atoms with Gasteiger partial charge in [0.25, 0.3) is 0 Å². The van der Waals surface area contributed by atoms with Crippen molar-refractivity contribution in [3.8, 4) is 0 Å². The van der Waals surface area contributed by atoms with Crippen LogP contribution >= 0.6 is 0 Å². The summed E-state index contributed by atoms with van der Waals surface area (Å²) in [5, 5.41) is 2.42. The van der Waals surface area contributed by atoms with E-state index < -0.39 is 5.41 Å². The SMILES string of the molecule is CC1C=CC=CC(C23CC2C(=O)NC3=O)=C1. The van der Waals surface area contributed by atoms with E-state index in [1.54, 1.807) is 0 Å². The molecule has 3 unspecified atom stereocenters. The van der Waals surface area contributed by atoms with Gasteiger partial charge < -0.3 is 0 Å². The molecule has 1 aliphatic heterocycles. The molecule has 3 heteroatoms. The molecule has 2 amide bonds. The standard InChI is InChI=1S/C13H13NO2/c1-8-4-2-3-5-9(6-8)13-7-10(13)11(15)14-12(13)16/h2-6,8,10H,7H2,1H3,(H,14,15,16). The maximum Gasteiger partial charge on any atom is 0.238 e. The first-order valence-electron chi connectivity index (χ1n) is 5.57. The van der Waals surface area contributed by atoms with E-state index in [2.05, 4.69) is 24.4 Å². The average molecular weight is 215 g/mol. The van der Waals surface area contributed by atoms with Crippen molar-refractivity contribution in [3.05, 3.63) is 36.0 Å². The molecule has 1 N–H and O–H groups in total. The molecule has 0 aromatic heterocycles. The van der Waals surface area contributed by atoms with Gasteiger partial charge in [-0.3, -0.25) is 14.9 Å². The second-order valence-electron chi connectivity index (χ2n) is 4.77. The van der Waals surface area contributed by atoms with Gasteiger partial charge >= 0.3 is 0 Å². The third-order valence-electron chi connectivity index (χ3n) is 3.68. The second kappa shape index (κ2) is 2.94. The van der Waals surface area contributed by atoms with Crippen LogP contribution in [0.2, 0.25) is 0 Å². The highest BCUT2D eigenvalue weighted by atomic mass is 16.2. The zero-order valence-electron chi connectivity index (χ0n) is 9.07. The van der Waals surface area contributed by atoms with Gasteiger partial charge in [0.2, 0.25) is 11.8 Å². The van der Waals surface area contributed by atoms with Gasteiger partial charge in [0, 0.05) is 0 Å². The predicted octanol–water partition coefficient (Wildman–Crippen LogP) is 1.34. The van der Waals surface area contributed by atoms with Crippen molar-refractivity contribution >= 4 is 11.8 Å². The molecule has 0 aromatic carbocycles. The van der Waals surface area contributed by atoms with Crippen molar-refractivity contribution in [3.63, 3.8) is 0 Å². The average Bonchev–Trinajstić information content (AvgIpc) is 2.94. The molecule has 3 atom stereocenters. The first-order valence-corrected chi connectivity index (χ1v) is 5.57. The molecule has 3 aliphatic rings. The summed E-state index contributed by atoms with van der Waals surface area (Å²) in [6.45, 7) is 2.08. The van der Waals surface area contributed by atoms with Crippen LogP contribution in [-0.2, 0) is 9.59 Å². The van der Waals surface area contributed by atoms with Crippen LogP contribution in [0.5, 0.6) is 0 Å². The summed E-state index contributed by atoms with van der Waals surface area (Å²) in [7, 11) is 0. The minimum Gasteiger partial charge on any atom is -0.295 e. The molecule has 82 valence electrons. The largest absolute Gasteiger partial charge is 0.295 e. The van der Waals surface area contributed by atoms with Crippen LogP contribution in [0.25, 0.3) is 0 Å². The van der Waals surface area contributed by atoms with E-state index in [9.17, 15) is 9.59 Å². The Hall–Kier alpha value is -1.64. The van der Waals surface area contributed by atoms with Crippen molar-refractivity contribution in [1.29, 1.82) is 0 Å². The van der Waals surface area contributed by atoms with E-state index in [0.717, 1.165) is 5.57 Å². The number of imide groups is 1. The smallest absolute Gasteiger partial charge is 0.238 e. The fourth-order valence-electron chi connectivity index (χ4n) is 2.68. The summed E-state index contributed by atoms with van der Waals surface area (Å²) in [5.74, 6) is -0.0398. The lowest BCUT2D eigenvalue weighted by molar-refractivity contribution is -0.128. The number of allylic oxidation sites excluding steroid dienone is 5. The highest BCUT2D eigenvalue weighted by Gasteiger charge is 2.69. The van der Waals surface area contributed by atoms with Crippen molar-refractivity contribution in [2.75, 3.05) is 0 Å². The van der Waals surface area contributed by atoms with Gasteiger partial charge in [-0.2, -0.15) is 0 Å². The Balaban J connectivity index is 2.01. The topological polar surface area (TPSA) is 46.2 Å². The quantitative estimate of drug-likeness (QED) is 0.671. The van der Waals surface area contributed by atoms with E-state index in [1.165, 1.54) is 0 Å². The monoisotopic (exact) mass is 215 g/mol. The number of hydrogen-bond donors (Lipinski definition) is 1. The number of rotatable bonds is 1. The molecule has 0 spiro atoms. The molecule has 0 radical (unpaired) electrons. The number of fused-ring (bicyclic) bond motifs is 1. The van der Waals surface area contributed by atoms with Crippen molar-refractivity contribution in [1.82, 2.24) is 5.32 Å². The summed E-state index contributed by atoms with van der Waals surface area (Å²) >= 11 is 0. The van der Waals surface area contributed by atoms with E-state index >= 15 is 0 Å². The molecule has 2 aliphatic carbocycles. The Bertz CT molecular complexity index is 472. The minimum absolute atomic E-state index is 0.107. The molecule has 1 saturated heterocycles. The zero-order chi connectivity index (χ0) is 11.3. The Morgan fingerprint density at radius 2 is 2.19 bits per heavy atom. The molecule has 1 saturated carbocycles. The van der Waals surface area contributed by atoms with E-state index in [1.807, 2.05) is 18.2 Å². The van der Waals surface area contributed by atoms with Crippen molar-refractivity contribution in [2.45, 2.75) is 13.3 Å². The summed E-state index contributed by atoms with van der Waals surface area (Å²) in [5.41, 5.74) is 0.465. The highest BCUT2D eigenvalue weighted by Crippen LogP contribution is 2.61.